The molecule has 138 valence electrons. The summed E-state index contributed by atoms with van der Waals surface area (Å²) in [5.74, 6) is 0.715. The summed E-state index contributed by atoms with van der Waals surface area (Å²) in [6, 6.07) is 11.1. The van der Waals surface area contributed by atoms with E-state index < -0.39 is 10.8 Å². The maximum absolute atomic E-state index is 12.4. The monoisotopic (exact) mass is 385 g/mol. The topological polar surface area (TPSA) is 104 Å². The van der Waals surface area contributed by atoms with Crippen molar-refractivity contribution in [1.82, 2.24) is 4.98 Å². The summed E-state index contributed by atoms with van der Waals surface area (Å²) in [7, 11) is 3.10. The molecule has 0 saturated carbocycles. The van der Waals surface area contributed by atoms with Gasteiger partial charge in [-0.15, -0.1) is 11.3 Å². The Morgan fingerprint density at radius 3 is 2.63 bits per heavy atom. The van der Waals surface area contributed by atoms with E-state index >= 15 is 0 Å². The van der Waals surface area contributed by atoms with Crippen LogP contribution in [0, 0.1) is 10.1 Å². The van der Waals surface area contributed by atoms with Crippen molar-refractivity contribution in [3.63, 3.8) is 0 Å². The molecule has 3 aromatic rings. The summed E-state index contributed by atoms with van der Waals surface area (Å²) in [6.45, 7) is 0. The zero-order valence-electron chi connectivity index (χ0n) is 14.5. The van der Waals surface area contributed by atoms with E-state index in [-0.39, 0.29) is 11.4 Å². The van der Waals surface area contributed by atoms with Gasteiger partial charge in [-0.05, 0) is 24.3 Å². The second kappa shape index (κ2) is 7.83. The third-order valence-corrected chi connectivity index (χ3v) is 4.57. The van der Waals surface area contributed by atoms with E-state index in [1.54, 1.807) is 37.8 Å². The number of methoxy groups -OCH3 is 2. The van der Waals surface area contributed by atoms with Crippen molar-refractivity contribution in [2.24, 2.45) is 0 Å². The van der Waals surface area contributed by atoms with Crippen molar-refractivity contribution in [2.75, 3.05) is 19.5 Å². The van der Waals surface area contributed by atoms with Crippen molar-refractivity contribution < 1.29 is 19.2 Å². The molecule has 3 rings (SSSR count). The molecule has 0 saturated heterocycles. The van der Waals surface area contributed by atoms with E-state index in [1.807, 2.05) is 6.07 Å². The Morgan fingerprint density at radius 2 is 1.93 bits per heavy atom. The number of benzene rings is 2. The van der Waals surface area contributed by atoms with Gasteiger partial charge in [-0.2, -0.15) is 0 Å². The van der Waals surface area contributed by atoms with Gasteiger partial charge in [-0.1, -0.05) is 6.07 Å². The standard InChI is InChI=1S/C18H15N3O5S/c1-25-15-7-6-11(8-16(15)26-2)18-20-14(10-27-18)17(22)19-12-4-3-5-13(9-12)21(23)24/h3-10H,1-2H3,(H,19,22). The fourth-order valence-electron chi connectivity index (χ4n) is 2.37. The second-order valence-electron chi connectivity index (χ2n) is 5.37. The van der Waals surface area contributed by atoms with Gasteiger partial charge in [0.2, 0.25) is 0 Å². The number of amides is 1. The van der Waals surface area contributed by atoms with Crippen LogP contribution in [-0.4, -0.2) is 30.0 Å². The molecule has 1 heterocycles. The summed E-state index contributed by atoms with van der Waals surface area (Å²) in [5.41, 5.74) is 1.23. The number of anilines is 1. The summed E-state index contributed by atoms with van der Waals surface area (Å²) >= 11 is 1.31. The number of nitro benzene ring substituents is 1. The number of carbonyl (C=O) groups excluding carboxylic acids is 1. The number of ether oxygens (including phenoxy) is 2. The Balaban J connectivity index is 1.80. The first kappa shape index (κ1) is 18.3. The summed E-state index contributed by atoms with van der Waals surface area (Å²) in [4.78, 5) is 27.0. The quantitative estimate of drug-likeness (QED) is 0.508. The minimum Gasteiger partial charge on any atom is -0.493 e. The number of carbonyl (C=O) groups is 1. The van der Waals surface area contributed by atoms with Gasteiger partial charge in [-0.3, -0.25) is 14.9 Å². The molecule has 0 fully saturated rings. The van der Waals surface area contributed by atoms with Crippen LogP contribution in [0.2, 0.25) is 0 Å². The second-order valence-corrected chi connectivity index (χ2v) is 6.23. The van der Waals surface area contributed by atoms with Crippen LogP contribution in [0.5, 0.6) is 11.5 Å². The first-order valence-electron chi connectivity index (χ1n) is 7.75. The third-order valence-electron chi connectivity index (χ3n) is 3.68. The third kappa shape index (κ3) is 4.04. The van der Waals surface area contributed by atoms with Crippen molar-refractivity contribution >= 4 is 28.6 Å². The lowest BCUT2D eigenvalue weighted by Gasteiger charge is -2.08. The Labute approximate surface area is 158 Å². The Bertz CT molecular complexity index is 1000. The number of rotatable bonds is 6. The van der Waals surface area contributed by atoms with Gasteiger partial charge in [0.15, 0.2) is 11.5 Å². The zero-order valence-corrected chi connectivity index (χ0v) is 15.3. The minimum atomic E-state index is -0.520. The molecular weight excluding hydrogens is 370 g/mol. The van der Waals surface area contributed by atoms with Crippen LogP contribution in [0.3, 0.4) is 0 Å². The van der Waals surface area contributed by atoms with E-state index in [1.165, 1.54) is 29.5 Å². The SMILES string of the molecule is COc1ccc(-c2nc(C(=O)Nc3cccc([N+](=O)[O-])c3)cs2)cc1OC. The largest absolute Gasteiger partial charge is 0.493 e. The Hall–Kier alpha value is -3.46. The van der Waals surface area contributed by atoms with Gasteiger partial charge >= 0.3 is 0 Å². The average molecular weight is 385 g/mol. The molecule has 0 unspecified atom stereocenters. The maximum Gasteiger partial charge on any atom is 0.275 e. The van der Waals surface area contributed by atoms with Gasteiger partial charge < -0.3 is 14.8 Å². The number of non-ortho nitro benzene ring substituents is 1. The lowest BCUT2D eigenvalue weighted by atomic mass is 10.2. The van der Waals surface area contributed by atoms with Gasteiger partial charge in [0, 0.05) is 28.8 Å². The number of aromatic nitrogens is 1. The lowest BCUT2D eigenvalue weighted by Crippen LogP contribution is -2.12. The molecule has 0 aliphatic heterocycles. The molecule has 1 amide bonds. The zero-order chi connectivity index (χ0) is 19.4. The van der Waals surface area contributed by atoms with E-state index in [0.717, 1.165) is 5.56 Å². The van der Waals surface area contributed by atoms with Crippen LogP contribution in [0.15, 0.2) is 47.8 Å². The minimum absolute atomic E-state index is 0.0999. The highest BCUT2D eigenvalue weighted by Crippen LogP contribution is 2.33. The molecular formula is C18H15N3O5S. The first-order chi connectivity index (χ1) is 13.0. The highest BCUT2D eigenvalue weighted by molar-refractivity contribution is 7.13. The molecule has 0 bridgehead atoms. The summed E-state index contributed by atoms with van der Waals surface area (Å²) in [6.07, 6.45) is 0. The van der Waals surface area contributed by atoms with Crippen LogP contribution in [0.1, 0.15) is 10.5 Å². The lowest BCUT2D eigenvalue weighted by molar-refractivity contribution is -0.384. The van der Waals surface area contributed by atoms with Crippen LogP contribution < -0.4 is 14.8 Å². The normalized spacial score (nSPS) is 10.3. The number of nitrogens with one attached hydrogen (secondary N) is 1. The van der Waals surface area contributed by atoms with Gasteiger partial charge in [0.25, 0.3) is 11.6 Å². The molecule has 8 nitrogen and oxygen atoms in total. The highest BCUT2D eigenvalue weighted by Gasteiger charge is 2.15. The maximum atomic E-state index is 12.4. The van der Waals surface area contributed by atoms with Crippen LogP contribution in [-0.2, 0) is 0 Å². The van der Waals surface area contributed by atoms with E-state index in [2.05, 4.69) is 10.3 Å². The van der Waals surface area contributed by atoms with Crippen molar-refractivity contribution in [2.45, 2.75) is 0 Å². The fraction of sp³-hybridized carbons (Fsp3) is 0.111. The van der Waals surface area contributed by atoms with Crippen LogP contribution in [0.25, 0.3) is 10.6 Å². The van der Waals surface area contributed by atoms with Crippen LogP contribution in [0.4, 0.5) is 11.4 Å². The average Bonchev–Trinajstić information content (AvgIpc) is 3.18. The molecule has 2 aromatic carbocycles. The van der Waals surface area contributed by atoms with Gasteiger partial charge in [0.05, 0.1) is 19.1 Å². The molecule has 0 spiro atoms. The summed E-state index contributed by atoms with van der Waals surface area (Å²) in [5, 5.41) is 15.7. The smallest absolute Gasteiger partial charge is 0.275 e. The van der Waals surface area contributed by atoms with E-state index in [0.29, 0.717) is 22.2 Å². The summed E-state index contributed by atoms with van der Waals surface area (Å²) < 4.78 is 10.5. The number of hydrogen-bond donors (Lipinski definition) is 1. The number of thiazole rings is 1. The fourth-order valence-corrected chi connectivity index (χ4v) is 3.17. The number of nitrogens with zero attached hydrogens (tertiary/aromatic N) is 2. The molecule has 0 atom stereocenters. The molecule has 27 heavy (non-hydrogen) atoms. The van der Waals surface area contributed by atoms with Gasteiger partial charge in [0.1, 0.15) is 10.7 Å². The number of nitro groups is 1. The Morgan fingerprint density at radius 1 is 1.15 bits per heavy atom. The predicted molar refractivity (Wildman–Crippen MR) is 102 cm³/mol. The van der Waals surface area contributed by atoms with E-state index in [9.17, 15) is 14.9 Å². The first-order valence-corrected chi connectivity index (χ1v) is 8.63. The van der Waals surface area contributed by atoms with Crippen LogP contribution >= 0.6 is 11.3 Å². The molecule has 0 aliphatic carbocycles. The molecule has 1 aromatic heterocycles. The van der Waals surface area contributed by atoms with Gasteiger partial charge in [-0.25, -0.2) is 4.98 Å². The van der Waals surface area contributed by atoms with Crippen molar-refractivity contribution in [3.8, 4) is 22.1 Å². The van der Waals surface area contributed by atoms with Crippen molar-refractivity contribution in [1.29, 1.82) is 0 Å². The van der Waals surface area contributed by atoms with Crippen molar-refractivity contribution in [3.05, 3.63) is 63.7 Å². The number of hydrogen-bond acceptors (Lipinski definition) is 7. The molecule has 9 heteroatoms. The molecule has 0 aliphatic rings. The highest BCUT2D eigenvalue weighted by atomic mass is 32.1. The van der Waals surface area contributed by atoms with E-state index in [4.69, 9.17) is 9.47 Å². The Kier molecular flexibility index (Phi) is 5.32. The molecule has 0 radical (unpaired) electrons. The predicted octanol–water partition coefficient (Wildman–Crippen LogP) is 3.99. The molecule has 1 N–H and O–H groups in total.